The lowest BCUT2D eigenvalue weighted by molar-refractivity contribution is -0.153. The molecule has 0 saturated carbocycles. The fourth-order valence-electron chi connectivity index (χ4n) is 2.44. The van der Waals surface area contributed by atoms with Crippen LogP contribution in [0.4, 0.5) is 0 Å². The van der Waals surface area contributed by atoms with Crippen LogP contribution in [-0.2, 0) is 21.0 Å². The number of rotatable bonds is 6. The summed E-state index contributed by atoms with van der Waals surface area (Å²) < 4.78 is 5.36. The summed E-state index contributed by atoms with van der Waals surface area (Å²) in [5.74, 6) is -0.531. The zero-order valence-corrected chi connectivity index (χ0v) is 13.8. The summed E-state index contributed by atoms with van der Waals surface area (Å²) in [6, 6.07) is 9.64. The lowest BCUT2D eigenvalue weighted by Crippen LogP contribution is -2.36. The van der Waals surface area contributed by atoms with Crippen LogP contribution in [0.5, 0.6) is 0 Å². The van der Waals surface area contributed by atoms with Crippen LogP contribution in [0.3, 0.4) is 0 Å². The van der Waals surface area contributed by atoms with Gasteiger partial charge >= 0.3 is 5.97 Å². The number of ether oxygens (including phenoxy) is 1. The van der Waals surface area contributed by atoms with E-state index in [0.717, 1.165) is 12.0 Å². The van der Waals surface area contributed by atoms with Crippen molar-refractivity contribution in [2.45, 2.75) is 52.2 Å². The average Bonchev–Trinajstić information content (AvgIpc) is 2.46. The second-order valence-corrected chi connectivity index (χ2v) is 6.19. The number of carbonyl (C=O) groups is 1. The second kappa shape index (κ2) is 7.31. The average molecular weight is 317 g/mol. The molecule has 5 heteroatoms. The minimum atomic E-state index is -0.702. The van der Waals surface area contributed by atoms with Gasteiger partial charge in [0.15, 0.2) is 0 Å². The summed E-state index contributed by atoms with van der Waals surface area (Å²) in [6.45, 7) is 5.81. The van der Waals surface area contributed by atoms with Crippen LogP contribution in [0.2, 0.25) is 0 Å². The summed E-state index contributed by atoms with van der Waals surface area (Å²) >= 11 is 0. The van der Waals surface area contributed by atoms with Gasteiger partial charge in [0, 0.05) is 6.42 Å². The summed E-state index contributed by atoms with van der Waals surface area (Å²) in [7, 11) is 0. The number of esters is 1. The zero-order valence-electron chi connectivity index (χ0n) is 13.8. The third-order valence-electron chi connectivity index (χ3n) is 3.48. The predicted molar refractivity (Wildman–Crippen MR) is 88.0 cm³/mol. The van der Waals surface area contributed by atoms with Gasteiger partial charge in [0.2, 0.25) is 0 Å². The summed E-state index contributed by atoms with van der Waals surface area (Å²) in [4.78, 5) is 17.6. The maximum atomic E-state index is 12.2. The van der Waals surface area contributed by atoms with Crippen molar-refractivity contribution in [1.82, 2.24) is 0 Å². The molecule has 0 atom stereocenters. The molecule has 0 aromatic heterocycles. The van der Waals surface area contributed by atoms with E-state index >= 15 is 0 Å². The molecule has 1 aliphatic rings. The van der Waals surface area contributed by atoms with Crippen molar-refractivity contribution in [3.05, 3.63) is 47.2 Å². The molecule has 0 fully saturated rings. The monoisotopic (exact) mass is 317 g/mol. The normalized spacial score (nSPS) is 17.9. The van der Waals surface area contributed by atoms with Crippen molar-refractivity contribution >= 4 is 11.7 Å². The fourth-order valence-corrected chi connectivity index (χ4v) is 2.44. The summed E-state index contributed by atoms with van der Waals surface area (Å²) in [6.07, 6.45) is 1.58. The van der Waals surface area contributed by atoms with E-state index < -0.39 is 11.6 Å². The van der Waals surface area contributed by atoms with Crippen LogP contribution in [0.25, 0.3) is 0 Å². The predicted octanol–water partition coefficient (Wildman–Crippen LogP) is 3.90. The Morgan fingerprint density at radius 3 is 2.65 bits per heavy atom. The molecule has 1 N–H and O–H groups in total. The first-order valence-electron chi connectivity index (χ1n) is 7.81. The van der Waals surface area contributed by atoms with Gasteiger partial charge < -0.3 is 14.7 Å². The van der Waals surface area contributed by atoms with Crippen molar-refractivity contribution in [2.24, 2.45) is 5.16 Å². The number of benzene rings is 1. The van der Waals surface area contributed by atoms with E-state index in [4.69, 9.17) is 9.57 Å². The Labute approximate surface area is 136 Å². The van der Waals surface area contributed by atoms with Crippen molar-refractivity contribution in [1.29, 1.82) is 0 Å². The van der Waals surface area contributed by atoms with Gasteiger partial charge in [-0.15, -0.1) is 0 Å². The van der Waals surface area contributed by atoms with Crippen LogP contribution >= 0.6 is 0 Å². The molecule has 23 heavy (non-hydrogen) atoms. The van der Waals surface area contributed by atoms with Crippen LogP contribution in [0, 0.1) is 0 Å². The third-order valence-corrected chi connectivity index (χ3v) is 3.48. The molecular weight excluding hydrogens is 294 g/mol. The highest BCUT2D eigenvalue weighted by Crippen LogP contribution is 2.29. The highest BCUT2D eigenvalue weighted by atomic mass is 16.6. The molecule has 0 radical (unpaired) electrons. The Balaban J connectivity index is 2.17. The third kappa shape index (κ3) is 4.58. The first-order chi connectivity index (χ1) is 10.9. The van der Waals surface area contributed by atoms with E-state index in [1.807, 2.05) is 37.3 Å². The van der Waals surface area contributed by atoms with Crippen LogP contribution < -0.4 is 0 Å². The molecule has 0 bridgehead atoms. The summed E-state index contributed by atoms with van der Waals surface area (Å²) in [5, 5.41) is 14.3. The Hall–Kier alpha value is -2.30. The van der Waals surface area contributed by atoms with Crippen molar-refractivity contribution in [3.8, 4) is 0 Å². The number of carbonyl (C=O) groups excluding carboxylic acids is 1. The Bertz CT molecular complexity index is 617. The van der Waals surface area contributed by atoms with E-state index in [2.05, 4.69) is 5.16 Å². The molecule has 0 amide bonds. The van der Waals surface area contributed by atoms with Gasteiger partial charge in [0.1, 0.15) is 23.5 Å². The van der Waals surface area contributed by atoms with Gasteiger partial charge in [0.05, 0.1) is 5.71 Å². The molecule has 1 aromatic rings. The molecule has 0 saturated heterocycles. The molecular formula is C18H23NO4. The standard InChI is InChI=1S/C18H23NO4/c1-4-8-14(19-22-12-13-9-6-5-7-10-13)16-15(20)11-18(2,3)23-17(16)21/h5-7,9-10,20H,4,8,11-12H2,1-3H3/b19-14+. The van der Waals surface area contributed by atoms with Gasteiger partial charge in [-0.05, 0) is 25.8 Å². The fraction of sp³-hybridized carbons (Fsp3) is 0.444. The molecule has 1 heterocycles. The van der Waals surface area contributed by atoms with Crippen molar-refractivity contribution in [3.63, 3.8) is 0 Å². The van der Waals surface area contributed by atoms with Crippen molar-refractivity contribution < 1.29 is 19.5 Å². The molecule has 0 spiro atoms. The lowest BCUT2D eigenvalue weighted by atomic mass is 9.94. The number of aliphatic hydroxyl groups is 1. The number of nitrogens with zero attached hydrogens (tertiary/aromatic N) is 1. The highest BCUT2D eigenvalue weighted by molar-refractivity contribution is 6.20. The summed E-state index contributed by atoms with van der Waals surface area (Å²) in [5.41, 5.74) is 0.853. The number of aliphatic hydroxyl groups excluding tert-OH is 1. The van der Waals surface area contributed by atoms with E-state index in [9.17, 15) is 9.90 Å². The van der Waals surface area contributed by atoms with Crippen molar-refractivity contribution in [2.75, 3.05) is 0 Å². The molecule has 0 aliphatic carbocycles. The van der Waals surface area contributed by atoms with Crippen LogP contribution in [-0.4, -0.2) is 22.4 Å². The van der Waals surface area contributed by atoms with Gasteiger partial charge in [-0.3, -0.25) is 0 Å². The highest BCUT2D eigenvalue weighted by Gasteiger charge is 2.36. The minimum Gasteiger partial charge on any atom is -0.511 e. The Morgan fingerprint density at radius 2 is 2.04 bits per heavy atom. The minimum absolute atomic E-state index is 0.0155. The van der Waals surface area contributed by atoms with Gasteiger partial charge in [0.25, 0.3) is 0 Å². The van der Waals surface area contributed by atoms with Crippen LogP contribution in [0.1, 0.15) is 45.6 Å². The smallest absolute Gasteiger partial charge is 0.344 e. The lowest BCUT2D eigenvalue weighted by Gasteiger charge is -2.30. The van der Waals surface area contributed by atoms with Gasteiger partial charge in [-0.2, -0.15) is 0 Å². The van der Waals surface area contributed by atoms with E-state index in [-0.39, 0.29) is 17.8 Å². The van der Waals surface area contributed by atoms with Crippen LogP contribution in [0.15, 0.2) is 46.8 Å². The molecule has 0 unspecified atom stereocenters. The van der Waals surface area contributed by atoms with Gasteiger partial charge in [-0.1, -0.05) is 48.8 Å². The Morgan fingerprint density at radius 1 is 1.35 bits per heavy atom. The topological polar surface area (TPSA) is 68.1 Å². The molecule has 5 nitrogen and oxygen atoms in total. The molecule has 124 valence electrons. The SMILES string of the molecule is CCC/C(=N\OCc1ccccc1)C1=C(O)CC(C)(C)OC1=O. The first-order valence-corrected chi connectivity index (χ1v) is 7.81. The number of cyclic esters (lactones) is 1. The number of hydrogen-bond donors (Lipinski definition) is 1. The van der Waals surface area contributed by atoms with E-state index in [0.29, 0.717) is 18.7 Å². The first kappa shape index (κ1) is 17.1. The molecule has 2 rings (SSSR count). The van der Waals surface area contributed by atoms with E-state index in [1.54, 1.807) is 13.8 Å². The number of oxime groups is 1. The van der Waals surface area contributed by atoms with E-state index in [1.165, 1.54) is 0 Å². The number of hydrogen-bond acceptors (Lipinski definition) is 5. The quantitative estimate of drug-likeness (QED) is 0.491. The molecule has 1 aromatic carbocycles. The molecule has 1 aliphatic heterocycles. The maximum Gasteiger partial charge on any atom is 0.344 e. The second-order valence-electron chi connectivity index (χ2n) is 6.19. The largest absolute Gasteiger partial charge is 0.511 e. The maximum absolute atomic E-state index is 12.2. The Kier molecular flexibility index (Phi) is 5.42. The zero-order chi connectivity index (χ0) is 16.9. The van der Waals surface area contributed by atoms with Gasteiger partial charge in [-0.25, -0.2) is 4.79 Å².